The summed E-state index contributed by atoms with van der Waals surface area (Å²) in [7, 11) is 0. The maximum Gasteiger partial charge on any atom is 0.345 e. The summed E-state index contributed by atoms with van der Waals surface area (Å²) in [6, 6.07) is 3.87. The Morgan fingerprint density at radius 3 is 2.61 bits per heavy atom. The first-order valence-electron chi connectivity index (χ1n) is 10.5. The molecule has 0 bridgehead atoms. The lowest BCUT2D eigenvalue weighted by atomic mass is 9.96. The van der Waals surface area contributed by atoms with E-state index in [2.05, 4.69) is 25.5 Å². The predicted molar refractivity (Wildman–Crippen MR) is 113 cm³/mol. The lowest BCUT2D eigenvalue weighted by molar-refractivity contribution is -0.135. The first kappa shape index (κ1) is 20.1. The highest BCUT2D eigenvalue weighted by molar-refractivity contribution is 6.04. The standard InChI is InChI=1S/C23H24F2N4O2/c1-11-7-17-18(8-16(11)20-13(3)28-31-14(20)4)26-9-19-21(17)29(12(2)10-30-23(24)25)22(27-19)15-5-6-15/h7-9,12,15,23H,5-6,10H2,1-4H3/t12-/m0/s1. The second-order valence-electron chi connectivity index (χ2n) is 8.43. The summed E-state index contributed by atoms with van der Waals surface area (Å²) in [6.45, 7) is 4.89. The third kappa shape index (κ3) is 3.39. The molecule has 1 aromatic carbocycles. The Bertz CT molecular complexity index is 1270. The minimum atomic E-state index is -2.79. The third-order valence-electron chi connectivity index (χ3n) is 6.04. The summed E-state index contributed by atoms with van der Waals surface area (Å²) >= 11 is 0. The Labute approximate surface area is 178 Å². The monoisotopic (exact) mass is 426 g/mol. The van der Waals surface area contributed by atoms with Crippen molar-refractivity contribution in [1.82, 2.24) is 19.7 Å². The highest BCUT2D eigenvalue weighted by Gasteiger charge is 2.32. The second-order valence-corrected chi connectivity index (χ2v) is 8.43. The van der Waals surface area contributed by atoms with Crippen LogP contribution in [0.25, 0.3) is 33.1 Å². The van der Waals surface area contributed by atoms with Crippen LogP contribution in [-0.2, 0) is 4.74 Å². The Hall–Kier alpha value is -2.87. The molecule has 1 atom stereocenters. The van der Waals surface area contributed by atoms with Crippen LogP contribution in [0.5, 0.6) is 0 Å². The van der Waals surface area contributed by atoms with Crippen molar-refractivity contribution in [2.75, 3.05) is 6.61 Å². The Morgan fingerprint density at radius 1 is 1.19 bits per heavy atom. The average molecular weight is 426 g/mol. The van der Waals surface area contributed by atoms with Gasteiger partial charge in [0.1, 0.15) is 17.1 Å². The molecule has 0 spiro atoms. The van der Waals surface area contributed by atoms with Crippen LogP contribution in [0.2, 0.25) is 0 Å². The number of ether oxygens (including phenoxy) is 1. The van der Waals surface area contributed by atoms with Gasteiger partial charge in [0, 0.05) is 16.9 Å². The zero-order chi connectivity index (χ0) is 21.9. The van der Waals surface area contributed by atoms with Crippen molar-refractivity contribution < 1.29 is 18.0 Å². The van der Waals surface area contributed by atoms with Gasteiger partial charge in [0.05, 0.1) is 35.6 Å². The van der Waals surface area contributed by atoms with Crippen LogP contribution in [0.1, 0.15) is 54.6 Å². The fraction of sp³-hybridized carbons (Fsp3) is 0.435. The fourth-order valence-electron chi connectivity index (χ4n) is 4.45. The van der Waals surface area contributed by atoms with Gasteiger partial charge in [-0.3, -0.25) is 4.98 Å². The molecule has 1 saturated carbocycles. The molecule has 162 valence electrons. The third-order valence-corrected chi connectivity index (χ3v) is 6.04. The van der Waals surface area contributed by atoms with Crippen LogP contribution in [0.15, 0.2) is 22.9 Å². The van der Waals surface area contributed by atoms with Crippen LogP contribution in [0.4, 0.5) is 8.78 Å². The van der Waals surface area contributed by atoms with Crippen LogP contribution < -0.4 is 0 Å². The van der Waals surface area contributed by atoms with Crippen LogP contribution in [0, 0.1) is 20.8 Å². The molecule has 1 aliphatic rings. The number of nitrogens with zero attached hydrogens (tertiary/aromatic N) is 4. The van der Waals surface area contributed by atoms with Crippen molar-refractivity contribution in [3.63, 3.8) is 0 Å². The summed E-state index contributed by atoms with van der Waals surface area (Å²) < 4.78 is 37.5. The minimum absolute atomic E-state index is 0.0805. The van der Waals surface area contributed by atoms with E-state index in [1.807, 2.05) is 33.8 Å². The molecule has 6 nitrogen and oxygen atoms in total. The van der Waals surface area contributed by atoms with Crippen molar-refractivity contribution in [2.45, 2.75) is 59.1 Å². The van der Waals surface area contributed by atoms with E-state index >= 15 is 0 Å². The second kappa shape index (κ2) is 7.37. The van der Waals surface area contributed by atoms with Gasteiger partial charge >= 0.3 is 6.61 Å². The summed E-state index contributed by atoms with van der Waals surface area (Å²) in [5, 5.41) is 5.03. The summed E-state index contributed by atoms with van der Waals surface area (Å²) in [5.41, 5.74) is 6.42. The molecular formula is C23H24F2N4O2. The highest BCUT2D eigenvalue weighted by atomic mass is 19.3. The van der Waals surface area contributed by atoms with Gasteiger partial charge in [-0.15, -0.1) is 0 Å². The number of fused-ring (bicyclic) bond motifs is 3. The quantitative estimate of drug-likeness (QED) is 0.387. The maximum atomic E-state index is 12.7. The number of hydrogen-bond donors (Lipinski definition) is 0. The summed E-state index contributed by atoms with van der Waals surface area (Å²) in [5.74, 6) is 2.06. The molecule has 3 aromatic heterocycles. The van der Waals surface area contributed by atoms with Gasteiger partial charge in [-0.2, -0.15) is 8.78 Å². The molecule has 31 heavy (non-hydrogen) atoms. The molecule has 0 saturated heterocycles. The van der Waals surface area contributed by atoms with Crippen LogP contribution >= 0.6 is 0 Å². The predicted octanol–water partition coefficient (Wildman–Crippen LogP) is 5.84. The van der Waals surface area contributed by atoms with E-state index in [0.29, 0.717) is 5.92 Å². The molecule has 5 rings (SSSR count). The van der Waals surface area contributed by atoms with Crippen LogP contribution in [-0.4, -0.2) is 32.9 Å². The van der Waals surface area contributed by atoms with Crippen molar-refractivity contribution in [1.29, 1.82) is 0 Å². The lowest BCUT2D eigenvalue weighted by Crippen LogP contribution is -2.16. The normalized spacial score (nSPS) is 15.5. The Kier molecular flexibility index (Phi) is 4.77. The van der Waals surface area contributed by atoms with E-state index in [4.69, 9.17) is 9.51 Å². The van der Waals surface area contributed by atoms with E-state index < -0.39 is 6.61 Å². The molecule has 1 aliphatic carbocycles. The molecule has 0 amide bonds. The first-order chi connectivity index (χ1) is 14.8. The molecule has 3 heterocycles. The van der Waals surface area contributed by atoms with Crippen molar-refractivity contribution in [2.24, 2.45) is 0 Å². The van der Waals surface area contributed by atoms with E-state index in [0.717, 1.165) is 68.7 Å². The van der Waals surface area contributed by atoms with Crippen LogP contribution in [0.3, 0.4) is 0 Å². The minimum Gasteiger partial charge on any atom is -0.361 e. The van der Waals surface area contributed by atoms with Gasteiger partial charge in [0.2, 0.25) is 0 Å². The molecular weight excluding hydrogens is 402 g/mol. The number of aromatic nitrogens is 4. The van der Waals surface area contributed by atoms with E-state index in [1.54, 1.807) is 6.20 Å². The number of aryl methyl sites for hydroxylation is 3. The first-order valence-corrected chi connectivity index (χ1v) is 10.5. The molecule has 0 aliphatic heterocycles. The molecule has 1 fully saturated rings. The van der Waals surface area contributed by atoms with E-state index in [9.17, 15) is 8.78 Å². The molecule has 4 aromatic rings. The molecule has 0 N–H and O–H groups in total. The average Bonchev–Trinajstić information content (AvgIpc) is 3.42. The zero-order valence-corrected chi connectivity index (χ0v) is 17.9. The Balaban J connectivity index is 1.73. The SMILES string of the molecule is Cc1cc2c(cc1-c1c(C)noc1C)ncc1nc(C3CC3)n([C@@H](C)COC(F)F)c12. The Morgan fingerprint density at radius 2 is 1.97 bits per heavy atom. The van der Waals surface area contributed by atoms with Gasteiger partial charge in [-0.1, -0.05) is 5.16 Å². The fourth-order valence-corrected chi connectivity index (χ4v) is 4.45. The van der Waals surface area contributed by atoms with Gasteiger partial charge in [0.15, 0.2) is 0 Å². The maximum absolute atomic E-state index is 12.7. The van der Waals surface area contributed by atoms with Crippen molar-refractivity contribution in [3.8, 4) is 11.1 Å². The number of halogens is 2. The lowest BCUT2D eigenvalue weighted by Gasteiger charge is -2.18. The van der Waals surface area contributed by atoms with Gasteiger partial charge in [-0.05, 0) is 63.8 Å². The smallest absolute Gasteiger partial charge is 0.345 e. The number of rotatable bonds is 6. The molecule has 0 radical (unpaired) electrons. The van der Waals surface area contributed by atoms with Gasteiger partial charge in [0.25, 0.3) is 0 Å². The van der Waals surface area contributed by atoms with E-state index in [1.165, 1.54) is 0 Å². The largest absolute Gasteiger partial charge is 0.361 e. The number of hydrogen-bond acceptors (Lipinski definition) is 5. The van der Waals surface area contributed by atoms with Crippen molar-refractivity contribution in [3.05, 3.63) is 41.2 Å². The van der Waals surface area contributed by atoms with Gasteiger partial charge in [-0.25, -0.2) is 4.98 Å². The number of imidazole rings is 1. The molecule has 0 unspecified atom stereocenters. The van der Waals surface area contributed by atoms with Gasteiger partial charge < -0.3 is 13.8 Å². The van der Waals surface area contributed by atoms with Crippen molar-refractivity contribution >= 4 is 21.9 Å². The number of benzene rings is 1. The number of alkyl halides is 2. The molecule has 8 heteroatoms. The zero-order valence-electron chi connectivity index (χ0n) is 17.9. The summed E-state index contributed by atoms with van der Waals surface area (Å²) in [4.78, 5) is 9.51. The highest BCUT2D eigenvalue weighted by Crippen LogP contribution is 2.43. The number of pyridine rings is 1. The van der Waals surface area contributed by atoms with E-state index in [-0.39, 0.29) is 12.6 Å². The topological polar surface area (TPSA) is 66.0 Å². The summed E-state index contributed by atoms with van der Waals surface area (Å²) in [6.07, 6.45) is 3.89.